The molecule has 0 bridgehead atoms. The zero-order valence-corrected chi connectivity index (χ0v) is 21.0. The van der Waals surface area contributed by atoms with Crippen LogP contribution in [0.15, 0.2) is 96.3 Å². The summed E-state index contributed by atoms with van der Waals surface area (Å²) in [6, 6.07) is 22.5. The second-order valence-electron chi connectivity index (χ2n) is 9.46. The van der Waals surface area contributed by atoms with Crippen molar-refractivity contribution < 1.29 is 8.42 Å². The molecule has 36 heavy (non-hydrogen) atoms. The Hall–Kier alpha value is -4.08. The number of pyridine rings is 1. The van der Waals surface area contributed by atoms with Gasteiger partial charge in [-0.1, -0.05) is 30.3 Å². The van der Waals surface area contributed by atoms with Gasteiger partial charge in [-0.2, -0.15) is 0 Å². The molecular weight excluding hydrogens is 472 g/mol. The number of anilines is 2. The van der Waals surface area contributed by atoms with Gasteiger partial charge in [-0.25, -0.2) is 22.6 Å². The van der Waals surface area contributed by atoms with Crippen molar-refractivity contribution in [3.05, 3.63) is 91.4 Å². The molecule has 3 aromatic heterocycles. The molecule has 0 unspecified atom stereocenters. The van der Waals surface area contributed by atoms with Crippen LogP contribution in [0.4, 0.5) is 11.6 Å². The van der Waals surface area contributed by atoms with Crippen molar-refractivity contribution in [2.45, 2.75) is 31.2 Å². The average Bonchev–Trinajstić information content (AvgIpc) is 3.27. The van der Waals surface area contributed by atoms with E-state index >= 15 is 0 Å². The maximum Gasteiger partial charge on any atom is 0.245 e. The minimum absolute atomic E-state index is 0.200. The predicted octanol–water partition coefficient (Wildman–Crippen LogP) is 5.28. The van der Waals surface area contributed by atoms with Gasteiger partial charge in [0.25, 0.3) is 0 Å². The summed E-state index contributed by atoms with van der Waals surface area (Å²) in [6.07, 6.45) is 5.30. The van der Waals surface area contributed by atoms with Crippen LogP contribution in [-0.4, -0.2) is 33.5 Å². The van der Waals surface area contributed by atoms with E-state index in [1.165, 1.54) is 0 Å². The zero-order valence-electron chi connectivity index (χ0n) is 20.2. The fourth-order valence-corrected chi connectivity index (χ4v) is 5.33. The van der Waals surface area contributed by atoms with Crippen LogP contribution in [-0.2, 0) is 10.0 Å². The highest BCUT2D eigenvalue weighted by molar-refractivity contribution is 7.89. The van der Waals surface area contributed by atoms with Crippen LogP contribution < -0.4 is 10.0 Å². The topological polar surface area (TPSA) is 101 Å². The molecule has 0 saturated heterocycles. The smallest absolute Gasteiger partial charge is 0.245 e. The van der Waals surface area contributed by atoms with Crippen LogP contribution in [0, 0.1) is 0 Å². The van der Waals surface area contributed by atoms with Crippen molar-refractivity contribution in [1.82, 2.24) is 24.3 Å². The Morgan fingerprint density at radius 3 is 2.33 bits per heavy atom. The first kappa shape index (κ1) is 23.7. The first-order chi connectivity index (χ1) is 17.2. The Morgan fingerprint density at radius 2 is 1.61 bits per heavy atom. The maximum absolute atomic E-state index is 12.8. The van der Waals surface area contributed by atoms with Crippen molar-refractivity contribution in [1.29, 1.82) is 0 Å². The van der Waals surface area contributed by atoms with Gasteiger partial charge >= 0.3 is 0 Å². The highest BCUT2D eigenvalue weighted by atomic mass is 32.2. The van der Waals surface area contributed by atoms with E-state index in [1.807, 2.05) is 81.6 Å². The number of benzene rings is 2. The molecule has 2 aromatic carbocycles. The summed E-state index contributed by atoms with van der Waals surface area (Å²) in [5, 5.41) is 7.90. The van der Waals surface area contributed by atoms with E-state index in [9.17, 15) is 8.42 Å². The molecule has 0 radical (unpaired) electrons. The third kappa shape index (κ3) is 5.12. The molecule has 5 aromatic rings. The molecular formula is C27H26N6O2S. The molecule has 5 rings (SSSR count). The number of nitrogens with one attached hydrogen (secondary N) is 2. The number of hydrogen-bond donors (Lipinski definition) is 2. The van der Waals surface area contributed by atoms with Gasteiger partial charge in [0.15, 0.2) is 0 Å². The van der Waals surface area contributed by atoms with Crippen molar-refractivity contribution in [2.24, 2.45) is 0 Å². The van der Waals surface area contributed by atoms with E-state index in [1.54, 1.807) is 35.1 Å². The molecule has 0 atom stereocenters. The van der Waals surface area contributed by atoms with Crippen LogP contribution >= 0.6 is 0 Å². The van der Waals surface area contributed by atoms with Crippen molar-refractivity contribution in [3.8, 4) is 22.4 Å². The Kier molecular flexibility index (Phi) is 6.03. The van der Waals surface area contributed by atoms with Crippen LogP contribution in [0.2, 0.25) is 0 Å². The van der Waals surface area contributed by atoms with Crippen LogP contribution in [0.3, 0.4) is 0 Å². The lowest BCUT2D eigenvalue weighted by Gasteiger charge is -2.20. The lowest BCUT2D eigenvalue weighted by Crippen LogP contribution is -2.40. The van der Waals surface area contributed by atoms with E-state index in [4.69, 9.17) is 0 Å². The number of hydrogen-bond acceptors (Lipinski definition) is 6. The maximum atomic E-state index is 12.8. The summed E-state index contributed by atoms with van der Waals surface area (Å²) in [5.41, 5.74) is 4.66. The van der Waals surface area contributed by atoms with E-state index in [-0.39, 0.29) is 4.90 Å². The Bertz CT molecular complexity index is 1620. The number of nitrogens with zero attached hydrogens (tertiary/aromatic N) is 4. The highest BCUT2D eigenvalue weighted by Crippen LogP contribution is 2.26. The quantitative estimate of drug-likeness (QED) is 0.330. The lowest BCUT2D eigenvalue weighted by molar-refractivity contribution is 0.491. The van der Waals surface area contributed by atoms with E-state index in [0.717, 1.165) is 33.6 Å². The zero-order chi connectivity index (χ0) is 25.3. The SMILES string of the molecule is CC(C)(C)NS(=O)(=O)c1cccc(-c2ccc3cnc(Nc4ccc(-c5cccnc5)cc4)nn23)c1. The van der Waals surface area contributed by atoms with Gasteiger partial charge in [0.2, 0.25) is 16.0 Å². The predicted molar refractivity (Wildman–Crippen MR) is 141 cm³/mol. The molecule has 0 fully saturated rings. The van der Waals surface area contributed by atoms with Gasteiger partial charge < -0.3 is 5.32 Å². The molecule has 182 valence electrons. The lowest BCUT2D eigenvalue weighted by atomic mass is 10.1. The largest absolute Gasteiger partial charge is 0.323 e. The molecule has 2 N–H and O–H groups in total. The van der Waals surface area contributed by atoms with Gasteiger partial charge in [0.1, 0.15) is 0 Å². The number of fused-ring (bicyclic) bond motifs is 1. The summed E-state index contributed by atoms with van der Waals surface area (Å²) in [5.74, 6) is 0.423. The summed E-state index contributed by atoms with van der Waals surface area (Å²) in [7, 11) is -3.67. The van der Waals surface area contributed by atoms with Gasteiger partial charge in [-0.15, -0.1) is 5.10 Å². The summed E-state index contributed by atoms with van der Waals surface area (Å²) in [4.78, 5) is 8.80. The first-order valence-corrected chi connectivity index (χ1v) is 12.9. The fraction of sp³-hybridized carbons (Fsp3) is 0.148. The molecule has 0 saturated carbocycles. The summed E-state index contributed by atoms with van der Waals surface area (Å²) in [6.45, 7) is 5.44. The average molecular weight is 499 g/mol. The first-order valence-electron chi connectivity index (χ1n) is 11.4. The second-order valence-corrected chi connectivity index (χ2v) is 11.1. The van der Waals surface area contributed by atoms with E-state index in [0.29, 0.717) is 5.95 Å². The molecule has 0 spiro atoms. The van der Waals surface area contributed by atoms with Crippen molar-refractivity contribution in [2.75, 3.05) is 5.32 Å². The van der Waals surface area contributed by atoms with Gasteiger partial charge in [-0.3, -0.25) is 4.98 Å². The molecule has 3 heterocycles. The fourth-order valence-electron chi connectivity index (χ4n) is 3.87. The Morgan fingerprint density at radius 1 is 0.833 bits per heavy atom. The summed E-state index contributed by atoms with van der Waals surface area (Å²) < 4.78 is 30.1. The van der Waals surface area contributed by atoms with Crippen LogP contribution in [0.5, 0.6) is 0 Å². The van der Waals surface area contributed by atoms with Gasteiger partial charge in [0.05, 0.1) is 22.3 Å². The van der Waals surface area contributed by atoms with E-state index in [2.05, 4.69) is 25.1 Å². The number of aromatic nitrogens is 4. The van der Waals surface area contributed by atoms with Crippen LogP contribution in [0.1, 0.15) is 20.8 Å². The van der Waals surface area contributed by atoms with Crippen molar-refractivity contribution in [3.63, 3.8) is 0 Å². The van der Waals surface area contributed by atoms with Gasteiger partial charge in [-0.05, 0) is 74.4 Å². The molecule has 0 aliphatic heterocycles. The number of rotatable bonds is 6. The molecule has 8 nitrogen and oxygen atoms in total. The number of sulfonamides is 1. The van der Waals surface area contributed by atoms with Crippen LogP contribution in [0.25, 0.3) is 27.9 Å². The molecule has 9 heteroatoms. The molecule has 0 amide bonds. The highest BCUT2D eigenvalue weighted by Gasteiger charge is 2.22. The van der Waals surface area contributed by atoms with Crippen molar-refractivity contribution >= 4 is 27.2 Å². The Labute approximate surface area is 210 Å². The van der Waals surface area contributed by atoms with Gasteiger partial charge in [0, 0.05) is 29.2 Å². The molecule has 0 aliphatic rings. The standard InChI is InChI=1S/C27H26N6O2S/c1-27(2,3)32-36(34,35)24-8-4-6-20(16-24)25-14-13-23-18-29-26(31-33(23)25)30-22-11-9-19(10-12-22)21-7-5-15-28-17-21/h4-18,32H,1-3H3,(H,30,31). The minimum Gasteiger partial charge on any atom is -0.323 e. The third-order valence-corrected chi connectivity index (χ3v) is 7.17. The third-order valence-electron chi connectivity index (χ3n) is 5.42. The minimum atomic E-state index is -3.67. The summed E-state index contributed by atoms with van der Waals surface area (Å²) >= 11 is 0. The Balaban J connectivity index is 1.43. The normalized spacial score (nSPS) is 12.1. The molecule has 0 aliphatic carbocycles. The van der Waals surface area contributed by atoms with E-state index < -0.39 is 15.6 Å². The second kappa shape index (κ2) is 9.18. The monoisotopic (exact) mass is 498 g/mol.